The summed E-state index contributed by atoms with van der Waals surface area (Å²) in [5, 5.41) is 2.69. The smallest absolute Gasteiger partial charge is 0.0108 e. The predicted octanol–water partition coefficient (Wildman–Crippen LogP) is 6.41. The predicted molar refractivity (Wildman–Crippen MR) is 90.2 cm³/mol. The lowest BCUT2D eigenvalue weighted by Gasteiger charge is -2.36. The van der Waals surface area contributed by atoms with Crippen LogP contribution in [-0.2, 0) is 0 Å². The number of rotatable bonds is 2. The van der Waals surface area contributed by atoms with Crippen molar-refractivity contribution in [2.24, 2.45) is 10.8 Å². The van der Waals surface area contributed by atoms with Gasteiger partial charge in [-0.2, -0.15) is 0 Å². The summed E-state index contributed by atoms with van der Waals surface area (Å²) in [6.45, 7) is 14.1. The Bertz CT molecular complexity index is 579. The third-order valence-corrected chi connectivity index (χ3v) is 4.04. The van der Waals surface area contributed by atoms with Gasteiger partial charge in [0, 0.05) is 0 Å². The standard InChI is InChI=1S/C20H28/c1-19(2,3)14-18(20(4,5)6)17-12-11-15-9-7-8-10-16(15)13-17/h7-13,18H,14H2,1-6H3. The van der Waals surface area contributed by atoms with E-state index in [1.165, 1.54) is 22.8 Å². The molecule has 0 bridgehead atoms. The van der Waals surface area contributed by atoms with Crippen LogP contribution in [0.15, 0.2) is 42.5 Å². The Labute approximate surface area is 124 Å². The van der Waals surface area contributed by atoms with E-state index in [1.54, 1.807) is 0 Å². The number of hydrogen-bond acceptors (Lipinski definition) is 0. The van der Waals surface area contributed by atoms with E-state index in [4.69, 9.17) is 0 Å². The molecule has 0 radical (unpaired) electrons. The topological polar surface area (TPSA) is 0 Å². The van der Waals surface area contributed by atoms with E-state index >= 15 is 0 Å². The summed E-state index contributed by atoms with van der Waals surface area (Å²) >= 11 is 0. The second-order valence-electron chi connectivity index (χ2n) is 8.29. The van der Waals surface area contributed by atoms with Gasteiger partial charge in [0.15, 0.2) is 0 Å². The Morgan fingerprint density at radius 3 is 1.95 bits per heavy atom. The Morgan fingerprint density at radius 2 is 1.40 bits per heavy atom. The molecule has 0 amide bonds. The molecule has 0 heteroatoms. The zero-order valence-corrected chi connectivity index (χ0v) is 13.8. The van der Waals surface area contributed by atoms with Crippen LogP contribution in [0.5, 0.6) is 0 Å². The summed E-state index contributed by atoms with van der Waals surface area (Å²) in [5.74, 6) is 0.590. The summed E-state index contributed by atoms with van der Waals surface area (Å²) in [6, 6.07) is 15.6. The minimum absolute atomic E-state index is 0.287. The zero-order valence-electron chi connectivity index (χ0n) is 13.8. The number of benzene rings is 2. The third-order valence-electron chi connectivity index (χ3n) is 4.04. The average molecular weight is 268 g/mol. The van der Waals surface area contributed by atoms with Crippen LogP contribution in [0.1, 0.15) is 59.4 Å². The first-order valence-corrected chi connectivity index (χ1v) is 7.65. The van der Waals surface area contributed by atoms with Crippen LogP contribution in [0.25, 0.3) is 10.8 Å². The van der Waals surface area contributed by atoms with Crippen LogP contribution < -0.4 is 0 Å². The monoisotopic (exact) mass is 268 g/mol. The van der Waals surface area contributed by atoms with E-state index in [0.717, 1.165) is 0 Å². The van der Waals surface area contributed by atoms with Crippen molar-refractivity contribution in [2.75, 3.05) is 0 Å². The molecule has 108 valence electrons. The second-order valence-corrected chi connectivity index (χ2v) is 8.29. The molecule has 0 saturated heterocycles. The van der Waals surface area contributed by atoms with E-state index in [0.29, 0.717) is 11.3 Å². The maximum absolute atomic E-state index is 2.39. The van der Waals surface area contributed by atoms with Gasteiger partial charge in [0.2, 0.25) is 0 Å². The van der Waals surface area contributed by atoms with Crippen LogP contribution >= 0.6 is 0 Å². The van der Waals surface area contributed by atoms with Crippen molar-refractivity contribution in [1.82, 2.24) is 0 Å². The fourth-order valence-corrected chi connectivity index (χ4v) is 2.96. The molecular weight excluding hydrogens is 240 g/mol. The molecule has 0 aliphatic heterocycles. The van der Waals surface area contributed by atoms with Gasteiger partial charge in [-0.05, 0) is 39.5 Å². The molecule has 2 rings (SSSR count). The van der Waals surface area contributed by atoms with E-state index in [2.05, 4.69) is 84.0 Å². The lowest BCUT2D eigenvalue weighted by atomic mass is 9.69. The summed E-state index contributed by atoms with van der Waals surface area (Å²) in [4.78, 5) is 0. The molecule has 0 aliphatic rings. The summed E-state index contributed by atoms with van der Waals surface area (Å²) < 4.78 is 0. The minimum atomic E-state index is 0.287. The maximum atomic E-state index is 2.39. The first kappa shape index (κ1) is 15.1. The van der Waals surface area contributed by atoms with Crippen molar-refractivity contribution in [2.45, 2.75) is 53.9 Å². The van der Waals surface area contributed by atoms with Crippen molar-refractivity contribution in [3.8, 4) is 0 Å². The van der Waals surface area contributed by atoms with Gasteiger partial charge >= 0.3 is 0 Å². The highest BCUT2D eigenvalue weighted by Gasteiger charge is 2.30. The van der Waals surface area contributed by atoms with E-state index in [9.17, 15) is 0 Å². The molecule has 0 saturated carbocycles. The van der Waals surface area contributed by atoms with Crippen molar-refractivity contribution in [1.29, 1.82) is 0 Å². The first-order chi connectivity index (χ1) is 9.17. The van der Waals surface area contributed by atoms with Crippen molar-refractivity contribution in [3.05, 3.63) is 48.0 Å². The van der Waals surface area contributed by atoms with Gasteiger partial charge in [-0.15, -0.1) is 0 Å². The molecule has 0 nitrogen and oxygen atoms in total. The molecule has 0 spiro atoms. The SMILES string of the molecule is CC(C)(C)CC(c1ccc2ccccc2c1)C(C)(C)C. The molecule has 2 aromatic carbocycles. The Kier molecular flexibility index (Phi) is 3.95. The van der Waals surface area contributed by atoms with Gasteiger partial charge < -0.3 is 0 Å². The van der Waals surface area contributed by atoms with Crippen molar-refractivity contribution >= 4 is 10.8 Å². The largest absolute Gasteiger partial charge is 0.0616 e. The lowest BCUT2D eigenvalue weighted by molar-refractivity contribution is 0.229. The molecule has 2 aromatic rings. The lowest BCUT2D eigenvalue weighted by Crippen LogP contribution is -2.23. The Balaban J connectivity index is 2.45. The Hall–Kier alpha value is -1.30. The summed E-state index contributed by atoms with van der Waals surface area (Å²) in [5.41, 5.74) is 2.12. The highest BCUT2D eigenvalue weighted by atomic mass is 14.3. The molecule has 0 aromatic heterocycles. The molecule has 1 atom stereocenters. The fourth-order valence-electron chi connectivity index (χ4n) is 2.96. The molecule has 1 unspecified atom stereocenters. The third kappa shape index (κ3) is 3.62. The van der Waals surface area contributed by atoms with Crippen LogP contribution in [0, 0.1) is 10.8 Å². The second kappa shape index (κ2) is 5.24. The van der Waals surface area contributed by atoms with Gasteiger partial charge in [0.05, 0.1) is 0 Å². The maximum Gasteiger partial charge on any atom is -0.0108 e. The van der Waals surface area contributed by atoms with Gasteiger partial charge in [0.1, 0.15) is 0 Å². The average Bonchev–Trinajstić information content (AvgIpc) is 2.33. The van der Waals surface area contributed by atoms with Crippen LogP contribution in [0.2, 0.25) is 0 Å². The quantitative estimate of drug-likeness (QED) is 0.590. The van der Waals surface area contributed by atoms with Crippen LogP contribution in [0.4, 0.5) is 0 Å². The van der Waals surface area contributed by atoms with Gasteiger partial charge in [-0.3, -0.25) is 0 Å². The highest BCUT2D eigenvalue weighted by molar-refractivity contribution is 5.83. The zero-order chi connectivity index (χ0) is 15.0. The molecule has 20 heavy (non-hydrogen) atoms. The summed E-state index contributed by atoms with van der Waals surface area (Å²) in [6.07, 6.45) is 1.22. The molecule has 0 heterocycles. The molecule has 0 N–H and O–H groups in total. The molecule has 0 aliphatic carbocycles. The van der Waals surface area contributed by atoms with E-state index in [-0.39, 0.29) is 5.41 Å². The normalized spacial score (nSPS) is 14.5. The van der Waals surface area contributed by atoms with Crippen LogP contribution in [0.3, 0.4) is 0 Å². The number of fused-ring (bicyclic) bond motifs is 1. The van der Waals surface area contributed by atoms with Gasteiger partial charge in [-0.25, -0.2) is 0 Å². The number of hydrogen-bond donors (Lipinski definition) is 0. The van der Waals surface area contributed by atoms with Gasteiger partial charge in [-0.1, -0.05) is 84.0 Å². The Morgan fingerprint density at radius 1 is 0.800 bits per heavy atom. The minimum Gasteiger partial charge on any atom is -0.0616 e. The van der Waals surface area contributed by atoms with Crippen LogP contribution in [-0.4, -0.2) is 0 Å². The van der Waals surface area contributed by atoms with E-state index < -0.39 is 0 Å². The summed E-state index contributed by atoms with van der Waals surface area (Å²) in [7, 11) is 0. The van der Waals surface area contributed by atoms with Gasteiger partial charge in [0.25, 0.3) is 0 Å². The fraction of sp³-hybridized carbons (Fsp3) is 0.500. The molecule has 0 fully saturated rings. The van der Waals surface area contributed by atoms with Crippen molar-refractivity contribution < 1.29 is 0 Å². The highest BCUT2D eigenvalue weighted by Crippen LogP contribution is 2.43. The first-order valence-electron chi connectivity index (χ1n) is 7.65. The molecular formula is C20H28. The van der Waals surface area contributed by atoms with Crippen molar-refractivity contribution in [3.63, 3.8) is 0 Å². The van der Waals surface area contributed by atoms with E-state index in [1.807, 2.05) is 0 Å².